The number of halogens is 2. The summed E-state index contributed by atoms with van der Waals surface area (Å²) in [5.41, 5.74) is 0. The summed E-state index contributed by atoms with van der Waals surface area (Å²) < 4.78 is 29.1. The predicted octanol–water partition coefficient (Wildman–Crippen LogP) is 1.98. The number of nitrogens with one attached hydrogen (secondary N) is 1. The average molecular weight is 466 g/mol. The van der Waals surface area contributed by atoms with Crippen molar-refractivity contribution >= 4 is 41.9 Å². The van der Waals surface area contributed by atoms with Gasteiger partial charge in [0, 0.05) is 28.1 Å². The first-order chi connectivity index (χ1) is 10.7. The lowest BCUT2D eigenvalue weighted by atomic mass is 10.2. The molecule has 1 aromatic rings. The van der Waals surface area contributed by atoms with E-state index in [2.05, 4.69) is 42.8 Å². The van der Waals surface area contributed by atoms with Crippen LogP contribution in [0.4, 0.5) is 0 Å². The molecule has 0 aromatic heterocycles. The van der Waals surface area contributed by atoms with Gasteiger partial charge in [0.15, 0.2) is 6.19 Å². The van der Waals surface area contributed by atoms with Crippen LogP contribution in [-0.4, -0.2) is 57.5 Å². The highest BCUT2D eigenvalue weighted by atomic mass is 79.9. The first-order valence-electron chi connectivity index (χ1n) is 7.01. The van der Waals surface area contributed by atoms with Gasteiger partial charge in [-0.15, -0.1) is 0 Å². The van der Waals surface area contributed by atoms with Crippen LogP contribution < -0.4 is 4.72 Å². The zero-order valence-electron chi connectivity index (χ0n) is 12.8. The molecule has 1 N–H and O–H groups in total. The zero-order chi connectivity index (χ0) is 17.2. The molecule has 0 aliphatic carbocycles. The van der Waals surface area contributed by atoms with E-state index in [9.17, 15) is 13.7 Å². The number of sulfonamides is 1. The molecule has 1 heterocycles. The van der Waals surface area contributed by atoms with Crippen LogP contribution in [0.2, 0.25) is 0 Å². The van der Waals surface area contributed by atoms with Crippen molar-refractivity contribution in [2.24, 2.45) is 0 Å². The molecule has 1 fully saturated rings. The first kappa shape index (κ1) is 18.7. The summed E-state index contributed by atoms with van der Waals surface area (Å²) in [6, 6.07) is 4.75. The Morgan fingerprint density at radius 3 is 2.74 bits per heavy atom. The lowest BCUT2D eigenvalue weighted by Crippen LogP contribution is -2.36. The van der Waals surface area contributed by atoms with Gasteiger partial charge in [0.2, 0.25) is 10.0 Å². The maximum absolute atomic E-state index is 12.6. The van der Waals surface area contributed by atoms with Gasteiger partial charge in [0.25, 0.3) is 0 Å². The summed E-state index contributed by atoms with van der Waals surface area (Å²) in [6.07, 6.45) is 2.76. The fraction of sp³-hybridized carbons (Fsp3) is 0.500. The van der Waals surface area contributed by atoms with Gasteiger partial charge in [-0.05, 0) is 54.6 Å². The molecule has 2 atom stereocenters. The van der Waals surface area contributed by atoms with Gasteiger partial charge in [0.05, 0.1) is 10.9 Å². The van der Waals surface area contributed by atoms with Crippen LogP contribution >= 0.6 is 31.9 Å². The lowest BCUT2D eigenvalue weighted by molar-refractivity contribution is 0.274. The molecule has 126 valence electrons. The van der Waals surface area contributed by atoms with Gasteiger partial charge < -0.3 is 9.80 Å². The summed E-state index contributed by atoms with van der Waals surface area (Å²) in [7, 11) is 0.215. The molecule has 0 amide bonds. The molecule has 23 heavy (non-hydrogen) atoms. The SMILES string of the molecule is CN(C)C[C@H]1C[C@@H](NS(=O)(=O)c2cc(Br)ccc2Br)CN1C#N. The Morgan fingerprint density at radius 2 is 2.13 bits per heavy atom. The third-order valence-corrected chi connectivity index (χ3v) is 6.63. The van der Waals surface area contributed by atoms with Crippen LogP contribution in [0.5, 0.6) is 0 Å². The number of benzene rings is 1. The second kappa shape index (κ2) is 7.49. The third-order valence-electron chi connectivity index (χ3n) is 3.62. The molecule has 6 nitrogen and oxygen atoms in total. The summed E-state index contributed by atoms with van der Waals surface area (Å²) in [5, 5.41) is 9.23. The van der Waals surface area contributed by atoms with Crippen molar-refractivity contribution < 1.29 is 8.42 Å². The molecule has 9 heteroatoms. The number of likely N-dealkylation sites (N-methyl/N-ethyl adjacent to an activating group) is 1. The van der Waals surface area contributed by atoms with Crippen molar-refractivity contribution in [3.8, 4) is 6.19 Å². The highest BCUT2D eigenvalue weighted by Gasteiger charge is 2.34. The maximum Gasteiger partial charge on any atom is 0.242 e. The van der Waals surface area contributed by atoms with Gasteiger partial charge in [-0.3, -0.25) is 0 Å². The molecular formula is C14H18Br2N4O2S. The second-order valence-corrected chi connectivity index (χ2v) is 9.25. The summed E-state index contributed by atoms with van der Waals surface area (Å²) >= 11 is 6.57. The van der Waals surface area contributed by atoms with Crippen molar-refractivity contribution in [3.63, 3.8) is 0 Å². The van der Waals surface area contributed by atoms with Crippen LogP contribution in [0.1, 0.15) is 6.42 Å². The highest BCUT2D eigenvalue weighted by Crippen LogP contribution is 2.27. The van der Waals surface area contributed by atoms with Gasteiger partial charge >= 0.3 is 0 Å². The summed E-state index contributed by atoms with van der Waals surface area (Å²) in [5.74, 6) is 0. The van der Waals surface area contributed by atoms with Crippen molar-refractivity contribution in [3.05, 3.63) is 27.1 Å². The van der Waals surface area contributed by atoms with Crippen LogP contribution in [0.15, 0.2) is 32.0 Å². The van der Waals surface area contributed by atoms with E-state index in [0.29, 0.717) is 28.5 Å². The molecule has 0 unspecified atom stereocenters. The van der Waals surface area contributed by atoms with E-state index in [-0.39, 0.29) is 17.0 Å². The van der Waals surface area contributed by atoms with Crippen molar-refractivity contribution in [2.75, 3.05) is 27.2 Å². The smallest absolute Gasteiger partial charge is 0.242 e. The zero-order valence-corrected chi connectivity index (χ0v) is 16.8. The summed E-state index contributed by atoms with van der Waals surface area (Å²) in [6.45, 7) is 1.10. The Labute approximate surface area is 153 Å². The number of nitriles is 1. The van der Waals surface area contributed by atoms with E-state index in [1.54, 1.807) is 23.1 Å². The number of hydrogen-bond acceptors (Lipinski definition) is 5. The first-order valence-corrected chi connectivity index (χ1v) is 10.1. The minimum Gasteiger partial charge on any atom is -0.307 e. The molecular weight excluding hydrogens is 448 g/mol. The average Bonchev–Trinajstić information content (AvgIpc) is 2.81. The van der Waals surface area contributed by atoms with Gasteiger partial charge in [-0.25, -0.2) is 13.1 Å². The van der Waals surface area contributed by atoms with E-state index in [0.717, 1.165) is 0 Å². The fourth-order valence-electron chi connectivity index (χ4n) is 2.69. The quantitative estimate of drug-likeness (QED) is 0.672. The van der Waals surface area contributed by atoms with Gasteiger partial charge in [-0.2, -0.15) is 5.26 Å². The largest absolute Gasteiger partial charge is 0.307 e. The number of rotatable bonds is 5. The predicted molar refractivity (Wildman–Crippen MR) is 95.2 cm³/mol. The monoisotopic (exact) mass is 464 g/mol. The minimum absolute atomic E-state index is 0.0219. The minimum atomic E-state index is -3.66. The van der Waals surface area contributed by atoms with Crippen LogP contribution in [0.3, 0.4) is 0 Å². The lowest BCUT2D eigenvalue weighted by Gasteiger charge is -2.21. The van der Waals surface area contributed by atoms with E-state index in [1.807, 2.05) is 19.0 Å². The molecule has 1 aliphatic heterocycles. The van der Waals surface area contributed by atoms with E-state index >= 15 is 0 Å². The van der Waals surface area contributed by atoms with Crippen LogP contribution in [0, 0.1) is 11.5 Å². The number of likely N-dealkylation sites (tertiary alicyclic amines) is 1. The molecule has 1 aliphatic rings. The molecule has 0 spiro atoms. The molecule has 0 bridgehead atoms. The maximum atomic E-state index is 12.6. The summed E-state index contributed by atoms with van der Waals surface area (Å²) in [4.78, 5) is 3.83. The standard InChI is InChI=1S/C14H18Br2N4O2S/c1-19(2)8-12-6-11(7-20(12)9-17)18-23(21,22)14-5-10(15)3-4-13(14)16/h3-5,11-12,18H,6-8H2,1-2H3/t11-,12-/m1/s1. The van der Waals surface area contributed by atoms with Crippen molar-refractivity contribution in [1.29, 1.82) is 5.26 Å². The molecule has 1 saturated heterocycles. The van der Waals surface area contributed by atoms with E-state index in [1.165, 1.54) is 0 Å². The second-order valence-electron chi connectivity index (χ2n) is 5.80. The Balaban J connectivity index is 2.15. The van der Waals surface area contributed by atoms with Crippen LogP contribution in [0.25, 0.3) is 0 Å². The molecule has 0 radical (unpaired) electrons. The Kier molecular flexibility index (Phi) is 6.08. The molecule has 2 rings (SSSR count). The van der Waals surface area contributed by atoms with Crippen LogP contribution in [-0.2, 0) is 10.0 Å². The normalized spacial score (nSPS) is 21.7. The number of nitrogens with zero attached hydrogens (tertiary/aromatic N) is 3. The van der Waals surface area contributed by atoms with Crippen molar-refractivity contribution in [1.82, 2.24) is 14.5 Å². The molecule has 1 aromatic carbocycles. The topological polar surface area (TPSA) is 76.4 Å². The van der Waals surface area contributed by atoms with Gasteiger partial charge in [-0.1, -0.05) is 15.9 Å². The highest BCUT2D eigenvalue weighted by molar-refractivity contribution is 9.11. The Hall–Kier alpha value is -0.660. The number of hydrogen-bond donors (Lipinski definition) is 1. The van der Waals surface area contributed by atoms with Crippen molar-refractivity contribution in [2.45, 2.75) is 23.4 Å². The molecule has 0 saturated carbocycles. The Morgan fingerprint density at radius 1 is 1.43 bits per heavy atom. The third kappa shape index (κ3) is 4.67. The fourth-order valence-corrected chi connectivity index (χ4v) is 5.43. The Bertz CT molecular complexity index is 718. The van der Waals surface area contributed by atoms with E-state index in [4.69, 9.17) is 0 Å². The van der Waals surface area contributed by atoms with Gasteiger partial charge in [0.1, 0.15) is 0 Å². The van der Waals surface area contributed by atoms with E-state index < -0.39 is 10.0 Å².